The summed E-state index contributed by atoms with van der Waals surface area (Å²) in [7, 11) is 1.90. The minimum atomic E-state index is 0.0113. The molecule has 0 radical (unpaired) electrons. The maximum atomic E-state index is 12.5. The molecule has 1 saturated carbocycles. The van der Waals surface area contributed by atoms with Gasteiger partial charge in [0.1, 0.15) is 5.69 Å². The third kappa shape index (κ3) is 3.35. The van der Waals surface area contributed by atoms with Crippen LogP contribution in [0.1, 0.15) is 50.0 Å². The fraction of sp³-hybridized carbons (Fsp3) is 0.600. The molecule has 1 amide bonds. The van der Waals surface area contributed by atoms with E-state index in [0.29, 0.717) is 17.2 Å². The molecule has 2 rings (SSSR count). The van der Waals surface area contributed by atoms with Gasteiger partial charge in [0.15, 0.2) is 0 Å². The number of rotatable bonds is 2. The van der Waals surface area contributed by atoms with Gasteiger partial charge in [-0.1, -0.05) is 13.8 Å². The summed E-state index contributed by atoms with van der Waals surface area (Å²) < 4.78 is 0.767. The van der Waals surface area contributed by atoms with Gasteiger partial charge in [0.05, 0.1) is 0 Å². The predicted octanol–water partition coefficient (Wildman–Crippen LogP) is 3.88. The molecule has 0 bridgehead atoms. The number of pyridine rings is 1. The fourth-order valence-electron chi connectivity index (χ4n) is 2.65. The largest absolute Gasteiger partial charge is 0.337 e. The van der Waals surface area contributed by atoms with Crippen molar-refractivity contribution < 1.29 is 4.79 Å². The van der Waals surface area contributed by atoms with E-state index in [9.17, 15) is 4.79 Å². The molecular formula is C15H21BrN2O. The van der Waals surface area contributed by atoms with E-state index in [1.165, 1.54) is 12.8 Å². The van der Waals surface area contributed by atoms with E-state index in [1.54, 1.807) is 6.20 Å². The first-order chi connectivity index (χ1) is 8.91. The van der Waals surface area contributed by atoms with Gasteiger partial charge in [0.2, 0.25) is 0 Å². The molecule has 3 nitrogen and oxygen atoms in total. The van der Waals surface area contributed by atoms with Crippen LogP contribution in [0.25, 0.3) is 0 Å². The van der Waals surface area contributed by atoms with Crippen LogP contribution in [0.4, 0.5) is 0 Å². The first-order valence-corrected chi connectivity index (χ1v) is 7.58. The summed E-state index contributed by atoms with van der Waals surface area (Å²) in [6.07, 6.45) is 6.19. The summed E-state index contributed by atoms with van der Waals surface area (Å²) in [5.41, 5.74) is 0.932. The molecule has 104 valence electrons. The van der Waals surface area contributed by atoms with Crippen LogP contribution < -0.4 is 0 Å². The first-order valence-electron chi connectivity index (χ1n) is 6.78. The molecule has 1 fully saturated rings. The Kier molecular flexibility index (Phi) is 4.29. The molecule has 19 heavy (non-hydrogen) atoms. The van der Waals surface area contributed by atoms with Crippen molar-refractivity contribution in [2.45, 2.75) is 45.6 Å². The lowest BCUT2D eigenvalue weighted by molar-refractivity contribution is 0.0628. The number of carbonyl (C=O) groups excluding carboxylic acids is 1. The third-order valence-corrected chi connectivity index (χ3v) is 4.78. The molecule has 0 atom stereocenters. The van der Waals surface area contributed by atoms with E-state index in [2.05, 4.69) is 34.8 Å². The summed E-state index contributed by atoms with van der Waals surface area (Å²) in [5, 5.41) is 0. The van der Waals surface area contributed by atoms with E-state index in [1.807, 2.05) is 24.1 Å². The normalized spacial score (nSPS) is 19.2. The maximum absolute atomic E-state index is 12.5. The minimum absolute atomic E-state index is 0.0113. The molecule has 1 aromatic rings. The van der Waals surface area contributed by atoms with Gasteiger partial charge >= 0.3 is 0 Å². The molecule has 0 aromatic carbocycles. The smallest absolute Gasteiger partial charge is 0.273 e. The van der Waals surface area contributed by atoms with Gasteiger partial charge in [-0.15, -0.1) is 0 Å². The van der Waals surface area contributed by atoms with Gasteiger partial charge < -0.3 is 4.90 Å². The highest BCUT2D eigenvalue weighted by Gasteiger charge is 2.31. The number of nitrogens with zero attached hydrogens (tertiary/aromatic N) is 2. The van der Waals surface area contributed by atoms with Crippen molar-refractivity contribution >= 4 is 21.8 Å². The van der Waals surface area contributed by atoms with Crippen molar-refractivity contribution in [3.8, 4) is 0 Å². The van der Waals surface area contributed by atoms with Gasteiger partial charge in [0, 0.05) is 23.8 Å². The highest BCUT2D eigenvalue weighted by atomic mass is 79.9. The van der Waals surface area contributed by atoms with Crippen LogP contribution >= 0.6 is 15.9 Å². The molecule has 0 unspecified atom stereocenters. The van der Waals surface area contributed by atoms with E-state index in [4.69, 9.17) is 0 Å². The second-order valence-corrected chi connectivity index (χ2v) is 7.00. The van der Waals surface area contributed by atoms with Crippen molar-refractivity contribution in [1.29, 1.82) is 0 Å². The third-order valence-electron chi connectivity index (χ3n) is 4.14. The summed E-state index contributed by atoms with van der Waals surface area (Å²) in [6.45, 7) is 4.61. The van der Waals surface area contributed by atoms with Crippen LogP contribution in [-0.4, -0.2) is 28.9 Å². The molecule has 1 aliphatic rings. The predicted molar refractivity (Wildman–Crippen MR) is 80.1 cm³/mol. The van der Waals surface area contributed by atoms with E-state index >= 15 is 0 Å². The van der Waals surface area contributed by atoms with Gasteiger partial charge in [-0.3, -0.25) is 4.79 Å². The lowest BCUT2D eigenvalue weighted by atomic mass is 9.75. The van der Waals surface area contributed by atoms with Crippen molar-refractivity contribution in [2.24, 2.45) is 5.41 Å². The second-order valence-electron chi connectivity index (χ2n) is 6.15. The second kappa shape index (κ2) is 5.61. The van der Waals surface area contributed by atoms with Gasteiger partial charge in [-0.25, -0.2) is 4.98 Å². The molecule has 1 aliphatic carbocycles. The summed E-state index contributed by atoms with van der Waals surface area (Å²) in [5.74, 6) is 0.0113. The quantitative estimate of drug-likeness (QED) is 0.827. The highest BCUT2D eigenvalue weighted by molar-refractivity contribution is 9.10. The highest BCUT2D eigenvalue weighted by Crippen LogP contribution is 2.36. The average Bonchev–Trinajstić information content (AvgIpc) is 2.38. The maximum Gasteiger partial charge on any atom is 0.273 e. The first kappa shape index (κ1) is 14.5. The minimum Gasteiger partial charge on any atom is -0.337 e. The Morgan fingerprint density at radius 2 is 2.05 bits per heavy atom. The standard InChI is InChI=1S/C15H21BrN2O/c1-15(2)8-6-11(7-9-15)18(3)14(19)13-12(16)5-4-10-17-13/h4-5,10-11H,6-9H2,1-3H3. The summed E-state index contributed by atoms with van der Waals surface area (Å²) in [4.78, 5) is 18.5. The monoisotopic (exact) mass is 324 g/mol. The van der Waals surface area contributed by atoms with E-state index in [-0.39, 0.29) is 5.91 Å². The molecular weight excluding hydrogens is 304 g/mol. The van der Waals surface area contributed by atoms with E-state index < -0.39 is 0 Å². The molecule has 0 aliphatic heterocycles. The van der Waals surface area contributed by atoms with Crippen molar-refractivity contribution in [3.63, 3.8) is 0 Å². The fourth-order valence-corrected chi connectivity index (χ4v) is 3.07. The van der Waals surface area contributed by atoms with E-state index in [0.717, 1.165) is 17.3 Å². The zero-order chi connectivity index (χ0) is 14.0. The van der Waals surface area contributed by atoms with Crippen LogP contribution in [0.3, 0.4) is 0 Å². The Bertz CT molecular complexity index is 463. The number of hydrogen-bond acceptors (Lipinski definition) is 2. The SMILES string of the molecule is CN(C(=O)c1ncccc1Br)C1CCC(C)(C)CC1. The van der Waals surface area contributed by atoms with Crippen LogP contribution in [-0.2, 0) is 0 Å². The zero-order valence-electron chi connectivity index (χ0n) is 11.8. The number of amides is 1. The van der Waals surface area contributed by atoms with Gasteiger partial charge in [-0.05, 0) is 59.2 Å². The average molecular weight is 325 g/mol. The lowest BCUT2D eigenvalue weighted by Gasteiger charge is -2.38. The molecule has 0 N–H and O–H groups in total. The van der Waals surface area contributed by atoms with Crippen LogP contribution in [0.5, 0.6) is 0 Å². The Morgan fingerprint density at radius 3 is 2.63 bits per heavy atom. The molecule has 0 saturated heterocycles. The summed E-state index contributed by atoms with van der Waals surface area (Å²) in [6, 6.07) is 4.02. The lowest BCUT2D eigenvalue weighted by Crippen LogP contribution is -2.41. The molecule has 1 heterocycles. The molecule has 0 spiro atoms. The van der Waals surface area contributed by atoms with Crippen molar-refractivity contribution in [1.82, 2.24) is 9.88 Å². The summed E-state index contributed by atoms with van der Waals surface area (Å²) >= 11 is 3.40. The number of aromatic nitrogens is 1. The Hall–Kier alpha value is -0.900. The number of hydrogen-bond donors (Lipinski definition) is 0. The Morgan fingerprint density at radius 1 is 1.42 bits per heavy atom. The number of carbonyl (C=O) groups is 1. The van der Waals surface area contributed by atoms with Gasteiger partial charge in [0.25, 0.3) is 5.91 Å². The van der Waals surface area contributed by atoms with Gasteiger partial charge in [-0.2, -0.15) is 0 Å². The van der Waals surface area contributed by atoms with Crippen molar-refractivity contribution in [2.75, 3.05) is 7.05 Å². The number of halogens is 1. The van der Waals surface area contributed by atoms with Crippen LogP contribution in [0, 0.1) is 5.41 Å². The zero-order valence-corrected chi connectivity index (χ0v) is 13.4. The molecule has 4 heteroatoms. The Balaban J connectivity index is 2.06. The van der Waals surface area contributed by atoms with Crippen LogP contribution in [0.15, 0.2) is 22.8 Å². The van der Waals surface area contributed by atoms with Crippen molar-refractivity contribution in [3.05, 3.63) is 28.5 Å². The topological polar surface area (TPSA) is 33.2 Å². The molecule has 1 aromatic heterocycles. The van der Waals surface area contributed by atoms with Crippen LogP contribution in [0.2, 0.25) is 0 Å². The Labute approximate surface area is 123 Å².